The van der Waals surface area contributed by atoms with Crippen LogP contribution in [0.3, 0.4) is 0 Å². The van der Waals surface area contributed by atoms with Gasteiger partial charge in [0.15, 0.2) is 0 Å². The van der Waals surface area contributed by atoms with Gasteiger partial charge in [-0.2, -0.15) is 5.10 Å². The minimum Gasteiger partial charge on any atom is -0.481 e. The first-order valence-electron chi connectivity index (χ1n) is 15.0. The summed E-state index contributed by atoms with van der Waals surface area (Å²) in [5.74, 6) is 0.400. The second-order valence-corrected chi connectivity index (χ2v) is 12.5. The Hall–Kier alpha value is -2.25. The average Bonchev–Trinajstić information content (AvgIpc) is 3.47. The van der Waals surface area contributed by atoms with Crippen LogP contribution in [0.5, 0.6) is 0 Å². The summed E-state index contributed by atoms with van der Waals surface area (Å²) in [6.45, 7) is 8.83. The summed E-state index contributed by atoms with van der Waals surface area (Å²) in [6, 6.07) is 7.09. The number of piperidine rings is 1. The van der Waals surface area contributed by atoms with E-state index in [1.807, 2.05) is 6.07 Å². The van der Waals surface area contributed by atoms with Crippen LogP contribution in [-0.4, -0.2) is 69.9 Å². The molecule has 6 rings (SSSR count). The molecule has 2 saturated heterocycles. The van der Waals surface area contributed by atoms with Gasteiger partial charge in [0.1, 0.15) is 5.82 Å². The van der Waals surface area contributed by atoms with Crippen molar-refractivity contribution in [3.8, 4) is 0 Å². The van der Waals surface area contributed by atoms with Crippen LogP contribution in [0.15, 0.2) is 24.3 Å². The summed E-state index contributed by atoms with van der Waals surface area (Å²) >= 11 is 0. The number of carboxylic acid groups (broad SMARTS) is 1. The van der Waals surface area contributed by atoms with Gasteiger partial charge in [-0.25, -0.2) is 4.39 Å². The summed E-state index contributed by atoms with van der Waals surface area (Å²) in [6.07, 6.45) is 9.63. The normalized spacial score (nSPS) is 26.3. The quantitative estimate of drug-likeness (QED) is 0.525. The highest BCUT2D eigenvalue weighted by Gasteiger charge is 2.48. The molecule has 2 aromatic rings. The molecule has 6 nitrogen and oxygen atoms in total. The van der Waals surface area contributed by atoms with Crippen LogP contribution in [0.4, 0.5) is 4.39 Å². The van der Waals surface area contributed by atoms with Crippen molar-refractivity contribution in [2.24, 2.45) is 11.3 Å². The number of carboxylic acids is 1. The molecule has 3 aliphatic heterocycles. The number of hydrogen-bond donors (Lipinski definition) is 1. The lowest BCUT2D eigenvalue weighted by Gasteiger charge is -2.40. The molecule has 1 N–H and O–H groups in total. The van der Waals surface area contributed by atoms with Crippen molar-refractivity contribution >= 4 is 5.97 Å². The number of aromatic nitrogens is 2. The Labute approximate surface area is 226 Å². The van der Waals surface area contributed by atoms with E-state index in [9.17, 15) is 14.3 Å². The largest absolute Gasteiger partial charge is 0.481 e. The Balaban J connectivity index is 1.14. The highest BCUT2D eigenvalue weighted by Crippen LogP contribution is 2.44. The molecule has 1 aliphatic carbocycles. The molecule has 7 heteroatoms. The number of fused-ring (bicyclic) bond motifs is 1. The number of carbonyl (C=O) groups is 1. The summed E-state index contributed by atoms with van der Waals surface area (Å²) in [5.41, 5.74) is 4.87. The number of hydrogen-bond acceptors (Lipinski definition) is 4. The van der Waals surface area contributed by atoms with E-state index < -0.39 is 11.4 Å². The van der Waals surface area contributed by atoms with Crippen LogP contribution in [0, 0.1) is 17.2 Å². The minimum absolute atomic E-state index is 0.183. The van der Waals surface area contributed by atoms with E-state index in [2.05, 4.69) is 27.5 Å². The number of halogens is 1. The number of rotatable bonds is 8. The monoisotopic (exact) mass is 522 g/mol. The highest BCUT2D eigenvalue weighted by molar-refractivity contribution is 5.76. The number of benzene rings is 1. The molecular formula is C31H43FN4O2. The third kappa shape index (κ3) is 4.92. The second kappa shape index (κ2) is 10.7. The number of nitrogens with zero attached hydrogens (tertiary/aromatic N) is 4. The Morgan fingerprint density at radius 2 is 1.92 bits per heavy atom. The Morgan fingerprint density at radius 1 is 1.11 bits per heavy atom. The van der Waals surface area contributed by atoms with E-state index >= 15 is 0 Å². The SMILES string of the molecule is CCc1nn2c(c1C1CCN(C[C@H]3CN(CC4(C(=O)O)CCC4)CC3c3cccc(F)c3)CC1)CCCC2. The molecule has 2 atom stereocenters. The zero-order valence-electron chi connectivity index (χ0n) is 22.9. The van der Waals surface area contributed by atoms with E-state index in [4.69, 9.17) is 5.10 Å². The third-order valence-corrected chi connectivity index (χ3v) is 10.1. The molecule has 1 unspecified atom stereocenters. The van der Waals surface area contributed by atoms with E-state index in [1.54, 1.807) is 11.6 Å². The second-order valence-electron chi connectivity index (χ2n) is 12.5. The minimum atomic E-state index is -0.648. The van der Waals surface area contributed by atoms with Crippen LogP contribution >= 0.6 is 0 Å². The lowest BCUT2D eigenvalue weighted by molar-refractivity contribution is -0.156. The highest BCUT2D eigenvalue weighted by atomic mass is 19.1. The molecule has 4 heterocycles. The molecule has 3 fully saturated rings. The van der Waals surface area contributed by atoms with Gasteiger partial charge in [0.05, 0.1) is 11.1 Å². The maximum absolute atomic E-state index is 14.2. The summed E-state index contributed by atoms with van der Waals surface area (Å²) in [7, 11) is 0. The molecule has 1 saturated carbocycles. The van der Waals surface area contributed by atoms with Crippen LogP contribution in [0.2, 0.25) is 0 Å². The fraction of sp³-hybridized carbons (Fsp3) is 0.677. The van der Waals surface area contributed by atoms with Gasteiger partial charge in [0, 0.05) is 44.3 Å². The average molecular weight is 523 g/mol. The first kappa shape index (κ1) is 26.0. The third-order valence-electron chi connectivity index (χ3n) is 10.1. The van der Waals surface area contributed by atoms with Gasteiger partial charge >= 0.3 is 5.97 Å². The zero-order chi connectivity index (χ0) is 26.3. The Bertz CT molecular complexity index is 1150. The van der Waals surface area contributed by atoms with Crippen LogP contribution in [0.25, 0.3) is 0 Å². The van der Waals surface area contributed by atoms with E-state index in [0.29, 0.717) is 18.4 Å². The predicted molar refractivity (Wildman–Crippen MR) is 146 cm³/mol. The standard InChI is InChI=1S/C31H43FN4O2/c1-2-27-29(28-9-3-4-14-36(28)33-27)22-10-15-34(16-11-22)18-24-19-35(21-31(30(37)38)12-6-13-31)20-26(24)23-7-5-8-25(32)17-23/h5,7-8,17,22,24,26H,2-4,6,9-16,18-21H2,1H3,(H,37,38)/t24-,26?/m0/s1. The van der Waals surface area contributed by atoms with E-state index in [1.165, 1.54) is 49.6 Å². The molecule has 0 amide bonds. The van der Waals surface area contributed by atoms with Crippen LogP contribution in [0.1, 0.15) is 86.2 Å². The van der Waals surface area contributed by atoms with E-state index in [0.717, 1.165) is 70.5 Å². The van der Waals surface area contributed by atoms with Crippen molar-refractivity contribution in [1.82, 2.24) is 19.6 Å². The molecule has 0 bridgehead atoms. The van der Waals surface area contributed by atoms with Gasteiger partial charge in [-0.15, -0.1) is 0 Å². The van der Waals surface area contributed by atoms with Gasteiger partial charge in [-0.05, 0) is 99.6 Å². The molecule has 1 aromatic heterocycles. The first-order chi connectivity index (χ1) is 18.5. The van der Waals surface area contributed by atoms with Crippen molar-refractivity contribution < 1.29 is 14.3 Å². The molecule has 0 spiro atoms. The first-order valence-corrected chi connectivity index (χ1v) is 15.0. The summed E-state index contributed by atoms with van der Waals surface area (Å²) in [4.78, 5) is 17.0. The lowest BCUT2D eigenvalue weighted by Crippen LogP contribution is -2.47. The predicted octanol–water partition coefficient (Wildman–Crippen LogP) is 5.07. The van der Waals surface area contributed by atoms with Crippen molar-refractivity contribution in [2.45, 2.75) is 83.1 Å². The zero-order valence-corrected chi connectivity index (χ0v) is 22.9. The van der Waals surface area contributed by atoms with Gasteiger partial charge in [-0.3, -0.25) is 9.48 Å². The van der Waals surface area contributed by atoms with Crippen LogP contribution in [-0.2, 0) is 24.2 Å². The van der Waals surface area contributed by atoms with Gasteiger partial charge in [-0.1, -0.05) is 25.5 Å². The molecule has 1 aromatic carbocycles. The molecule has 38 heavy (non-hydrogen) atoms. The van der Waals surface area contributed by atoms with Gasteiger partial charge < -0.3 is 14.9 Å². The maximum atomic E-state index is 14.2. The Kier molecular flexibility index (Phi) is 7.34. The fourth-order valence-corrected chi connectivity index (χ4v) is 7.90. The topological polar surface area (TPSA) is 61.6 Å². The fourth-order valence-electron chi connectivity index (χ4n) is 7.90. The van der Waals surface area contributed by atoms with Gasteiger partial charge in [0.25, 0.3) is 0 Å². The summed E-state index contributed by atoms with van der Waals surface area (Å²) < 4.78 is 16.5. The summed E-state index contributed by atoms with van der Waals surface area (Å²) in [5, 5.41) is 14.9. The van der Waals surface area contributed by atoms with Crippen molar-refractivity contribution in [3.63, 3.8) is 0 Å². The number of aliphatic carboxylic acids is 1. The molecular weight excluding hydrogens is 479 g/mol. The van der Waals surface area contributed by atoms with E-state index in [-0.39, 0.29) is 11.7 Å². The molecule has 0 radical (unpaired) electrons. The molecule has 4 aliphatic rings. The lowest BCUT2D eigenvalue weighted by atomic mass is 9.68. The molecule has 206 valence electrons. The van der Waals surface area contributed by atoms with Gasteiger partial charge in [0.2, 0.25) is 0 Å². The maximum Gasteiger partial charge on any atom is 0.310 e. The smallest absolute Gasteiger partial charge is 0.310 e. The van der Waals surface area contributed by atoms with Crippen molar-refractivity contribution in [3.05, 3.63) is 52.6 Å². The van der Waals surface area contributed by atoms with Crippen molar-refractivity contribution in [2.75, 3.05) is 39.3 Å². The van der Waals surface area contributed by atoms with Crippen molar-refractivity contribution in [1.29, 1.82) is 0 Å². The number of likely N-dealkylation sites (tertiary alicyclic amines) is 2. The Morgan fingerprint density at radius 3 is 2.61 bits per heavy atom. The number of aryl methyl sites for hydroxylation is 2. The van der Waals surface area contributed by atoms with Crippen LogP contribution < -0.4 is 0 Å².